The summed E-state index contributed by atoms with van der Waals surface area (Å²) in [4.78, 5) is 252. The Morgan fingerprint density at radius 3 is 1.52 bits per heavy atom. The smallest absolute Gasteiger partial charge is 0.341 e. The molecule has 1 aliphatic heterocycles. The van der Waals surface area contributed by atoms with Gasteiger partial charge in [0.25, 0.3) is 0 Å². The number of aromatic nitrogens is 1. The number of nitrogens with two attached hydrogens (primary N) is 4. The van der Waals surface area contributed by atoms with E-state index in [1.807, 2.05) is 30.3 Å². The number of H-pyrrole nitrogens is 1. The summed E-state index contributed by atoms with van der Waals surface area (Å²) >= 11 is 0.866. The quantitative estimate of drug-likeness (QED) is 0.0262. The number of halogens is 1. The van der Waals surface area contributed by atoms with Crippen molar-refractivity contribution in [3.05, 3.63) is 174 Å². The predicted molar refractivity (Wildman–Crippen MR) is 542 cm³/mol. The van der Waals surface area contributed by atoms with Crippen LogP contribution in [-0.2, 0) is 107 Å². The van der Waals surface area contributed by atoms with E-state index in [-0.39, 0.29) is 118 Å². The standard InChI is InChI=1S/C102H141FN20O22S/c1-9-57(6)86-101(143)112-72(25-18-40-104)89(131)113-74(43-55(2)3)91(133)111-73(39-42-106)90(132)114-77(44-60-19-12-10-13-20-60)96(138)123-87(59(8)125)102(144)119-81(51-124)98(140)120-82(99(141)110-71(38-41-105)88(107)130)54-146-53-58(7)109-75(45-62-28-34-67(103)35-29-62)92(134)115-76(47-63-30-36-68(37-31-63)145-52-84(128)129)93(135)117-80(49-83(126)127)94(136)116-79(48-66-50-108-70-24-17-16-23-69(66)70)97(139)121-85(56(4)5)100(142)118-78(95(137)122-86)46-61-26-32-65(33-27-61)64-21-14-11-15-22-64/h11,14-17,21-24,26-37,50,55-57,59-60,71-82,85-87,108-109,124-125H,7,9-10,12-13,18-20,25,38-49,51-54,104-106H2,1-6,8H3,(H2,107,130)(H,110,141)(H,111,133)(H,112,143)(H,113,131)(H,114,132)(H,115,134)(H,116,136)(H,117,135)(H,118,142)(H,119,144)(H,120,140)(H,121,139)(H,122,137)(H,123,138)(H,126,127)(H,128,129)/t57?,59?,71-,72-,73-,74+,75-,76-,77-,78-,79-,80-,81-,82-,85-,86-,87-/m0/s1. The molecule has 2 aliphatic rings. The van der Waals surface area contributed by atoms with Gasteiger partial charge in [-0.25, -0.2) is 9.18 Å². The number of carboxylic acid groups (broad SMARTS) is 2. The Labute approximate surface area is 850 Å². The molecule has 0 radical (unpaired) electrons. The van der Waals surface area contributed by atoms with Gasteiger partial charge in [-0.15, -0.1) is 0 Å². The zero-order valence-electron chi connectivity index (χ0n) is 83.2. The molecule has 15 amide bonds. The summed E-state index contributed by atoms with van der Waals surface area (Å²) in [6.45, 7) is 12.9. The summed E-state index contributed by atoms with van der Waals surface area (Å²) in [5.41, 5.74) is 27.3. The largest absolute Gasteiger partial charge is 0.482 e. The van der Waals surface area contributed by atoms with Gasteiger partial charge in [-0.2, -0.15) is 11.8 Å². The average molecular weight is 2050 g/mol. The van der Waals surface area contributed by atoms with Crippen LogP contribution in [0.15, 0.2) is 146 Å². The number of benzene rings is 5. The minimum absolute atomic E-state index is 0.00587. The highest BCUT2D eigenvalue weighted by molar-refractivity contribution is 7.99. The fourth-order valence-electron chi connectivity index (χ4n) is 16.9. The third-order valence-corrected chi connectivity index (χ3v) is 26.3. The van der Waals surface area contributed by atoms with Gasteiger partial charge in [0.15, 0.2) is 6.61 Å². The second kappa shape index (κ2) is 58.9. The molecular formula is C102H141FN20O22S. The van der Waals surface area contributed by atoms with Crippen LogP contribution < -0.4 is 107 Å². The van der Waals surface area contributed by atoms with Gasteiger partial charge in [-0.05, 0) is 152 Å². The first kappa shape index (κ1) is 117. The molecule has 2 heterocycles. The Bertz CT molecular complexity index is 5440. The number of carbonyl (C=O) groups is 17. The van der Waals surface area contributed by atoms with Crippen LogP contribution in [0.4, 0.5) is 4.39 Å². The molecule has 17 atom stereocenters. The summed E-state index contributed by atoms with van der Waals surface area (Å²) in [6.07, 6.45) is 0.432. The number of carbonyl (C=O) groups excluding carboxylic acids is 15. The number of fused-ring (bicyclic) bond motifs is 1. The lowest BCUT2D eigenvalue weighted by atomic mass is 9.84. The van der Waals surface area contributed by atoms with Gasteiger partial charge in [-0.1, -0.05) is 184 Å². The number of carboxylic acids is 2. The predicted octanol–water partition coefficient (Wildman–Crippen LogP) is 0.202. The minimum atomic E-state index is -2.11. The van der Waals surface area contributed by atoms with E-state index in [1.165, 1.54) is 36.4 Å². The third-order valence-electron chi connectivity index (χ3n) is 25.2. The minimum Gasteiger partial charge on any atom is -0.482 e. The molecule has 0 spiro atoms. The first-order valence-corrected chi connectivity index (χ1v) is 50.3. The average Bonchev–Trinajstić information content (AvgIpc) is 1.64. The van der Waals surface area contributed by atoms with E-state index < -0.39 is 247 Å². The van der Waals surface area contributed by atoms with Gasteiger partial charge in [0.2, 0.25) is 88.6 Å². The number of aliphatic hydroxyl groups excluding tert-OH is 2. The first-order chi connectivity index (χ1) is 69.6. The number of hydrogen-bond acceptors (Lipinski definition) is 25. The van der Waals surface area contributed by atoms with Crippen LogP contribution in [0.25, 0.3) is 22.0 Å². The number of para-hydroxylation sites is 1. The van der Waals surface area contributed by atoms with Crippen LogP contribution in [0.3, 0.4) is 0 Å². The van der Waals surface area contributed by atoms with Crippen LogP contribution in [0.2, 0.25) is 0 Å². The van der Waals surface area contributed by atoms with E-state index >= 15 is 38.4 Å². The summed E-state index contributed by atoms with van der Waals surface area (Å²) in [6, 6.07) is 8.85. The molecule has 1 aliphatic carbocycles. The number of primary amides is 1. The number of hydrogen-bond donors (Lipinski definition) is 24. The van der Waals surface area contributed by atoms with Crippen LogP contribution >= 0.6 is 11.8 Å². The SMILES string of the molecule is C=C1CSC[C@@H](C(=O)N[C@@H](CCN)C(N)=O)NC(=O)[C@H](CO)NC(=O)[C@H](C(C)O)NC(=O)[C@H](CC2CCCCC2)NC(=O)[C@H](CCN)NC(=O)[C@@H](CC(C)C)NC(=O)[C@H](CCCN)NC(=O)[C@H](C(C)CC)NC(=O)[C@H](Cc2ccc(-c3ccccc3)cc2)NC(=O)[C@H](C(C)C)NC(=O)[C@H](Cc2c[nH]c3ccccc23)NC(=O)[C@H](CC(=O)O)NC(=O)[C@H](Cc2ccc(OCC(=O)O)cc2)NC(=O)[C@H](Cc2ccc(F)cc2)N1. The number of thioether (sulfide) groups is 1. The Balaban J connectivity index is 1.24. The van der Waals surface area contributed by atoms with E-state index in [0.29, 0.717) is 40.4 Å². The summed E-state index contributed by atoms with van der Waals surface area (Å²) in [5.74, 6) is -22.1. The molecule has 1 saturated heterocycles. The Hall–Kier alpha value is -14.0. The van der Waals surface area contributed by atoms with Gasteiger partial charge in [0.1, 0.15) is 102 Å². The fraction of sp³-hybridized carbons (Fsp3) is 0.500. The molecule has 146 heavy (non-hydrogen) atoms. The van der Waals surface area contributed by atoms with E-state index in [0.717, 1.165) is 61.2 Å². The molecule has 28 N–H and O–H groups in total. The molecule has 6 aromatic rings. The maximum absolute atomic E-state index is 15.6. The molecule has 42 nitrogen and oxygen atoms in total. The highest BCUT2D eigenvalue weighted by Gasteiger charge is 2.42. The van der Waals surface area contributed by atoms with Crippen molar-refractivity contribution in [2.45, 2.75) is 254 Å². The monoisotopic (exact) mass is 2050 g/mol. The van der Waals surface area contributed by atoms with E-state index in [2.05, 4.69) is 91.3 Å². The highest BCUT2D eigenvalue weighted by atomic mass is 32.2. The van der Waals surface area contributed by atoms with E-state index in [1.54, 1.807) is 96.3 Å². The summed E-state index contributed by atoms with van der Waals surface area (Å²) in [5, 5.41) is 82.6. The first-order valence-electron chi connectivity index (χ1n) is 49.1. The molecule has 44 heteroatoms. The summed E-state index contributed by atoms with van der Waals surface area (Å²) in [7, 11) is 0. The lowest BCUT2D eigenvalue weighted by Gasteiger charge is -2.31. The van der Waals surface area contributed by atoms with Gasteiger partial charge < -0.3 is 133 Å². The Morgan fingerprint density at radius 1 is 0.493 bits per heavy atom. The van der Waals surface area contributed by atoms with Gasteiger partial charge >= 0.3 is 11.9 Å². The molecule has 2 fully saturated rings. The van der Waals surface area contributed by atoms with Crippen LogP contribution in [0, 0.1) is 29.5 Å². The topological polar surface area (TPSA) is 681 Å². The molecule has 8 rings (SSSR count). The maximum Gasteiger partial charge on any atom is 0.341 e. The van der Waals surface area contributed by atoms with Crippen molar-refractivity contribution in [3.8, 4) is 16.9 Å². The van der Waals surface area contributed by atoms with Crippen LogP contribution in [0.1, 0.15) is 154 Å². The normalized spacial score (nSPS) is 23.6. The summed E-state index contributed by atoms with van der Waals surface area (Å²) < 4.78 is 20.0. The van der Waals surface area contributed by atoms with Crippen LogP contribution in [0.5, 0.6) is 5.75 Å². The molecule has 1 saturated carbocycles. The number of amides is 15. The van der Waals surface area contributed by atoms with Gasteiger partial charge in [0.05, 0.1) is 19.1 Å². The zero-order chi connectivity index (χ0) is 107. The van der Waals surface area contributed by atoms with Gasteiger partial charge in [-0.3, -0.25) is 76.7 Å². The highest BCUT2D eigenvalue weighted by Crippen LogP contribution is 2.29. The fourth-order valence-corrected chi connectivity index (χ4v) is 17.8. The third kappa shape index (κ3) is 37.3. The molecule has 0 bridgehead atoms. The number of aromatic amines is 1. The lowest BCUT2D eigenvalue weighted by molar-refractivity contribution is -0.141. The van der Waals surface area contributed by atoms with E-state index in [4.69, 9.17) is 27.7 Å². The van der Waals surface area contributed by atoms with Crippen molar-refractivity contribution in [2.24, 2.45) is 46.6 Å². The van der Waals surface area contributed by atoms with Crippen molar-refractivity contribution in [2.75, 3.05) is 44.4 Å². The van der Waals surface area contributed by atoms with Crippen LogP contribution in [-0.4, -0.2) is 267 Å². The Kier molecular flexibility index (Phi) is 47.3. The van der Waals surface area contributed by atoms with Crippen molar-refractivity contribution >= 4 is 123 Å². The van der Waals surface area contributed by atoms with Crippen molar-refractivity contribution in [1.29, 1.82) is 0 Å². The van der Waals surface area contributed by atoms with E-state index in [9.17, 15) is 68.0 Å². The van der Waals surface area contributed by atoms with Crippen molar-refractivity contribution in [3.63, 3.8) is 0 Å². The zero-order valence-corrected chi connectivity index (χ0v) is 84.0. The maximum atomic E-state index is 15.6. The second-order valence-corrected chi connectivity index (χ2v) is 38.7. The number of aliphatic carboxylic acids is 2. The number of nitrogens with one attached hydrogen (secondary N) is 16. The number of rotatable bonds is 33. The molecular weight excluding hydrogens is 1910 g/mol. The second-order valence-electron chi connectivity index (χ2n) is 37.6. The number of ether oxygens (including phenoxy) is 1. The number of aliphatic hydroxyl groups is 2. The molecule has 2 unspecified atom stereocenters. The van der Waals surface area contributed by atoms with Crippen molar-refractivity contribution in [1.82, 2.24) is 84.7 Å². The Morgan fingerprint density at radius 2 is 0.959 bits per heavy atom. The lowest BCUT2D eigenvalue weighted by Crippen LogP contribution is -2.63. The molecule has 794 valence electrons. The molecule has 5 aromatic carbocycles. The van der Waals surface area contributed by atoms with Crippen molar-refractivity contribution < 1.29 is 111 Å². The molecule has 1 aromatic heterocycles. The van der Waals surface area contributed by atoms with Gasteiger partial charge in [0, 0.05) is 60.0 Å².